The minimum absolute atomic E-state index is 0.0875. The topological polar surface area (TPSA) is 57.6 Å². The number of hydrogen-bond acceptors (Lipinski definition) is 3. The molecule has 1 saturated heterocycles. The highest BCUT2D eigenvalue weighted by Gasteiger charge is 2.37. The lowest BCUT2D eigenvalue weighted by Crippen LogP contribution is -2.33. The van der Waals surface area contributed by atoms with Crippen molar-refractivity contribution in [3.63, 3.8) is 0 Å². The molecule has 0 aromatic heterocycles. The van der Waals surface area contributed by atoms with E-state index in [0.717, 1.165) is 19.3 Å². The maximum absolute atomic E-state index is 11.8. The highest BCUT2D eigenvalue weighted by Crippen LogP contribution is 2.24. The summed E-state index contributed by atoms with van der Waals surface area (Å²) in [5.74, 6) is -0.342. The average molecular weight is 227 g/mol. The highest BCUT2D eigenvalue weighted by atomic mass is 16.3. The van der Waals surface area contributed by atoms with Crippen LogP contribution in [0.25, 0.3) is 0 Å². The fraction of sp³-hybridized carbons (Fsp3) is 0.833. The van der Waals surface area contributed by atoms with E-state index in [9.17, 15) is 9.59 Å². The van der Waals surface area contributed by atoms with Crippen LogP contribution in [0.4, 0.5) is 0 Å². The van der Waals surface area contributed by atoms with Crippen LogP contribution >= 0.6 is 0 Å². The zero-order chi connectivity index (χ0) is 12.0. The molecule has 92 valence electrons. The second-order valence-electron chi connectivity index (χ2n) is 4.36. The Balaban J connectivity index is 2.34. The monoisotopic (exact) mass is 227 g/mol. The molecule has 0 spiro atoms. The predicted octanol–water partition coefficient (Wildman–Crippen LogP) is 1.32. The zero-order valence-electron chi connectivity index (χ0n) is 9.95. The van der Waals surface area contributed by atoms with Crippen molar-refractivity contribution in [1.82, 2.24) is 4.90 Å². The Morgan fingerprint density at radius 1 is 1.31 bits per heavy atom. The quantitative estimate of drug-likeness (QED) is 0.527. The van der Waals surface area contributed by atoms with Crippen LogP contribution in [0.5, 0.6) is 0 Å². The van der Waals surface area contributed by atoms with Crippen LogP contribution in [-0.4, -0.2) is 35.0 Å². The number of amides is 2. The number of hydrogen-bond donors (Lipinski definition) is 1. The van der Waals surface area contributed by atoms with Gasteiger partial charge in [0, 0.05) is 12.3 Å². The normalized spacial score (nSPS) is 20.9. The lowest BCUT2D eigenvalue weighted by atomic mass is 9.99. The van der Waals surface area contributed by atoms with E-state index in [-0.39, 0.29) is 30.9 Å². The van der Waals surface area contributed by atoms with Gasteiger partial charge in [-0.25, -0.2) is 0 Å². The number of carbonyl (C=O) groups is 2. The van der Waals surface area contributed by atoms with Gasteiger partial charge in [0.1, 0.15) is 0 Å². The summed E-state index contributed by atoms with van der Waals surface area (Å²) in [6.07, 6.45) is 5.67. The molecule has 4 heteroatoms. The first-order valence-electron chi connectivity index (χ1n) is 6.15. The van der Waals surface area contributed by atoms with Crippen LogP contribution in [0.2, 0.25) is 0 Å². The van der Waals surface area contributed by atoms with Gasteiger partial charge in [-0.2, -0.15) is 0 Å². The third-order valence-corrected chi connectivity index (χ3v) is 3.07. The molecule has 1 N–H and O–H groups in total. The summed E-state index contributed by atoms with van der Waals surface area (Å²) in [5, 5.41) is 8.75. The highest BCUT2D eigenvalue weighted by molar-refractivity contribution is 6.03. The molecule has 0 radical (unpaired) electrons. The Morgan fingerprint density at radius 2 is 2.06 bits per heavy atom. The number of aliphatic hydroxyl groups is 1. The number of carbonyl (C=O) groups excluding carboxylic acids is 2. The van der Waals surface area contributed by atoms with Crippen molar-refractivity contribution in [2.24, 2.45) is 5.92 Å². The van der Waals surface area contributed by atoms with Gasteiger partial charge >= 0.3 is 0 Å². The molecule has 0 aromatic carbocycles. The standard InChI is InChI=1S/C12H21NO3/c1-2-3-4-5-6-10-9-11(15)13(7-8-14)12(10)16/h10,14H,2-9H2,1H3. The number of imide groups is 1. The third-order valence-electron chi connectivity index (χ3n) is 3.07. The fourth-order valence-corrected chi connectivity index (χ4v) is 2.13. The van der Waals surface area contributed by atoms with Crippen LogP contribution in [0.3, 0.4) is 0 Å². The average Bonchev–Trinajstić information content (AvgIpc) is 2.53. The first kappa shape index (κ1) is 13.2. The van der Waals surface area contributed by atoms with Crippen molar-refractivity contribution in [2.45, 2.75) is 45.4 Å². The van der Waals surface area contributed by atoms with E-state index in [4.69, 9.17) is 5.11 Å². The summed E-state index contributed by atoms with van der Waals surface area (Å²) in [6, 6.07) is 0. The summed E-state index contributed by atoms with van der Waals surface area (Å²) in [5.41, 5.74) is 0. The second-order valence-corrected chi connectivity index (χ2v) is 4.36. The minimum Gasteiger partial charge on any atom is -0.395 e. The SMILES string of the molecule is CCCCCCC1CC(=O)N(CCO)C1=O. The van der Waals surface area contributed by atoms with E-state index in [2.05, 4.69) is 6.92 Å². The molecule has 1 fully saturated rings. The third kappa shape index (κ3) is 3.30. The number of nitrogens with zero attached hydrogens (tertiary/aromatic N) is 1. The smallest absolute Gasteiger partial charge is 0.232 e. The minimum atomic E-state index is -0.139. The summed E-state index contributed by atoms with van der Waals surface area (Å²) in [4.78, 5) is 24.4. The molecule has 1 atom stereocenters. The van der Waals surface area contributed by atoms with Gasteiger partial charge in [-0.05, 0) is 6.42 Å². The van der Waals surface area contributed by atoms with Gasteiger partial charge < -0.3 is 5.11 Å². The number of unbranched alkanes of at least 4 members (excludes halogenated alkanes) is 3. The molecule has 4 nitrogen and oxygen atoms in total. The second kappa shape index (κ2) is 6.63. The van der Waals surface area contributed by atoms with Gasteiger partial charge in [0.2, 0.25) is 11.8 Å². The first-order valence-corrected chi connectivity index (χ1v) is 6.15. The number of likely N-dealkylation sites (tertiary alicyclic amines) is 1. The van der Waals surface area contributed by atoms with E-state index in [0.29, 0.717) is 6.42 Å². The van der Waals surface area contributed by atoms with Gasteiger partial charge in [0.05, 0.1) is 13.2 Å². The van der Waals surface area contributed by atoms with E-state index >= 15 is 0 Å². The van der Waals surface area contributed by atoms with Crippen LogP contribution in [-0.2, 0) is 9.59 Å². The Morgan fingerprint density at radius 3 is 2.69 bits per heavy atom. The Labute approximate surface area is 96.6 Å². The maximum atomic E-state index is 11.8. The van der Waals surface area contributed by atoms with Crippen molar-refractivity contribution < 1.29 is 14.7 Å². The Hall–Kier alpha value is -0.900. The molecular weight excluding hydrogens is 206 g/mol. The number of aliphatic hydroxyl groups excluding tert-OH is 1. The zero-order valence-corrected chi connectivity index (χ0v) is 9.95. The summed E-state index contributed by atoms with van der Waals surface area (Å²) >= 11 is 0. The molecule has 1 unspecified atom stereocenters. The van der Waals surface area contributed by atoms with Gasteiger partial charge in [0.15, 0.2) is 0 Å². The van der Waals surface area contributed by atoms with Crippen LogP contribution in [0.1, 0.15) is 45.4 Å². The molecule has 16 heavy (non-hydrogen) atoms. The van der Waals surface area contributed by atoms with Crippen LogP contribution < -0.4 is 0 Å². The van der Waals surface area contributed by atoms with Gasteiger partial charge in [-0.1, -0.05) is 32.6 Å². The molecule has 2 amide bonds. The molecule has 1 heterocycles. The molecular formula is C12H21NO3. The van der Waals surface area contributed by atoms with Crippen molar-refractivity contribution in [2.75, 3.05) is 13.2 Å². The largest absolute Gasteiger partial charge is 0.395 e. The number of rotatable bonds is 7. The molecule has 1 aliphatic rings. The molecule has 0 bridgehead atoms. The summed E-state index contributed by atoms with van der Waals surface area (Å²) in [6.45, 7) is 2.16. The predicted molar refractivity (Wildman–Crippen MR) is 60.7 cm³/mol. The van der Waals surface area contributed by atoms with Crippen molar-refractivity contribution in [1.29, 1.82) is 0 Å². The van der Waals surface area contributed by atoms with E-state index in [1.54, 1.807) is 0 Å². The van der Waals surface area contributed by atoms with Gasteiger partial charge in [0.25, 0.3) is 0 Å². The van der Waals surface area contributed by atoms with Gasteiger partial charge in [-0.15, -0.1) is 0 Å². The number of β-amino-alcohol motifs (C(OH)–C–C–N with tert-alkyl or cyclic N) is 1. The maximum Gasteiger partial charge on any atom is 0.232 e. The first-order chi connectivity index (χ1) is 7.70. The van der Waals surface area contributed by atoms with Crippen molar-refractivity contribution in [3.05, 3.63) is 0 Å². The van der Waals surface area contributed by atoms with Crippen LogP contribution in [0, 0.1) is 5.92 Å². The van der Waals surface area contributed by atoms with Crippen molar-refractivity contribution in [3.8, 4) is 0 Å². The lowest BCUT2D eigenvalue weighted by Gasteiger charge is -2.12. The molecule has 0 aromatic rings. The Bertz CT molecular complexity index is 253. The van der Waals surface area contributed by atoms with E-state index < -0.39 is 0 Å². The molecule has 1 aliphatic heterocycles. The van der Waals surface area contributed by atoms with Gasteiger partial charge in [-0.3, -0.25) is 14.5 Å². The Kier molecular flexibility index (Phi) is 5.46. The van der Waals surface area contributed by atoms with E-state index in [1.807, 2.05) is 0 Å². The fourth-order valence-electron chi connectivity index (χ4n) is 2.13. The van der Waals surface area contributed by atoms with Crippen LogP contribution in [0.15, 0.2) is 0 Å². The van der Waals surface area contributed by atoms with E-state index in [1.165, 1.54) is 17.7 Å². The van der Waals surface area contributed by atoms with Crippen molar-refractivity contribution >= 4 is 11.8 Å². The summed E-state index contributed by atoms with van der Waals surface area (Å²) < 4.78 is 0. The molecule has 1 rings (SSSR count). The summed E-state index contributed by atoms with van der Waals surface area (Å²) in [7, 11) is 0. The molecule has 0 saturated carbocycles. The molecule has 0 aliphatic carbocycles. The lowest BCUT2D eigenvalue weighted by molar-refractivity contribution is -0.139.